The Balaban J connectivity index is 1.50. The molecule has 2 aliphatic rings. The van der Waals surface area contributed by atoms with Gasteiger partial charge in [0, 0.05) is 18.8 Å². The van der Waals surface area contributed by atoms with E-state index in [1.807, 2.05) is 43.0 Å². The quantitative estimate of drug-likeness (QED) is 0.473. The van der Waals surface area contributed by atoms with Crippen molar-refractivity contribution in [1.29, 1.82) is 0 Å². The van der Waals surface area contributed by atoms with Crippen LogP contribution >= 0.6 is 0 Å². The van der Waals surface area contributed by atoms with Crippen LogP contribution in [0.25, 0.3) is 0 Å². The molecule has 0 spiro atoms. The molecule has 2 N–H and O–H groups in total. The van der Waals surface area contributed by atoms with Crippen LogP contribution in [0.1, 0.15) is 59.9 Å². The second-order valence-corrected chi connectivity index (χ2v) is 9.64. The van der Waals surface area contributed by atoms with Gasteiger partial charge in [-0.2, -0.15) is 0 Å². The molecule has 1 aromatic heterocycles. The summed E-state index contributed by atoms with van der Waals surface area (Å²) in [5, 5.41) is 3.08. The number of nitrogens with one attached hydrogen (secondary N) is 2. The summed E-state index contributed by atoms with van der Waals surface area (Å²) in [7, 11) is 0. The van der Waals surface area contributed by atoms with Crippen molar-refractivity contribution >= 4 is 17.8 Å². The van der Waals surface area contributed by atoms with Crippen LogP contribution in [-0.2, 0) is 11.2 Å². The van der Waals surface area contributed by atoms with Crippen molar-refractivity contribution in [2.75, 3.05) is 19.6 Å². The Morgan fingerprint density at radius 2 is 1.86 bits per heavy atom. The molecule has 0 radical (unpaired) electrons. The Hall–Kier alpha value is -3.53. The molecule has 2 fully saturated rings. The van der Waals surface area contributed by atoms with Crippen molar-refractivity contribution < 1.29 is 14.4 Å². The Morgan fingerprint density at radius 3 is 2.49 bits per heavy atom. The third-order valence-electron chi connectivity index (χ3n) is 7.34. The van der Waals surface area contributed by atoms with Gasteiger partial charge in [0.1, 0.15) is 11.2 Å². The molecule has 35 heavy (non-hydrogen) atoms. The number of carbonyl (C=O) groups excluding carboxylic acids is 3. The number of amides is 4. The molecule has 4 rings (SSSR count). The van der Waals surface area contributed by atoms with E-state index in [2.05, 4.69) is 34.3 Å². The molecule has 184 valence electrons. The average Bonchev–Trinajstić information content (AvgIpc) is 3.33. The number of likely N-dealkylation sites (tertiary alicyclic amines) is 1. The fraction of sp³-hybridized carbons (Fsp3) is 0.464. The predicted molar refractivity (Wildman–Crippen MR) is 135 cm³/mol. The predicted octanol–water partition coefficient (Wildman–Crippen LogP) is 3.82. The normalized spacial score (nSPS) is 20.5. The van der Waals surface area contributed by atoms with E-state index in [-0.39, 0.29) is 30.3 Å². The number of aromatic amines is 1. The second kappa shape index (κ2) is 10.4. The Labute approximate surface area is 207 Å². The summed E-state index contributed by atoms with van der Waals surface area (Å²) in [5.41, 5.74) is 2.80. The summed E-state index contributed by atoms with van der Waals surface area (Å²) < 4.78 is 0. The van der Waals surface area contributed by atoms with Crippen LogP contribution in [0.15, 0.2) is 36.4 Å². The molecule has 1 aromatic carbocycles. The first-order valence-corrected chi connectivity index (χ1v) is 12.4. The fourth-order valence-corrected chi connectivity index (χ4v) is 5.50. The number of H-pyrrole nitrogens is 1. The number of piperidine rings is 1. The fourth-order valence-electron chi connectivity index (χ4n) is 5.50. The summed E-state index contributed by atoms with van der Waals surface area (Å²) in [6.45, 7) is 6.79. The first-order chi connectivity index (χ1) is 16.9. The van der Waals surface area contributed by atoms with Gasteiger partial charge in [0.2, 0.25) is 0 Å². The highest BCUT2D eigenvalue weighted by Crippen LogP contribution is 2.37. The molecule has 3 heterocycles. The minimum Gasteiger partial charge on any atom is -0.354 e. The lowest BCUT2D eigenvalue weighted by atomic mass is 9.74. The monoisotopic (exact) mass is 474 g/mol. The highest BCUT2D eigenvalue weighted by molar-refractivity contribution is 6.07. The number of hydrogen-bond acceptors (Lipinski definition) is 3. The number of imide groups is 1. The second-order valence-electron chi connectivity index (χ2n) is 9.64. The highest BCUT2D eigenvalue weighted by Gasteiger charge is 2.55. The van der Waals surface area contributed by atoms with Crippen molar-refractivity contribution in [2.45, 2.75) is 58.4 Å². The lowest BCUT2D eigenvalue weighted by Gasteiger charge is -2.41. The highest BCUT2D eigenvalue weighted by atomic mass is 16.2. The summed E-state index contributed by atoms with van der Waals surface area (Å²) in [6.07, 6.45) is 3.51. The van der Waals surface area contributed by atoms with Gasteiger partial charge in [-0.1, -0.05) is 36.3 Å². The maximum Gasteiger partial charge on any atom is 0.325 e. The minimum atomic E-state index is -0.949. The zero-order valence-electron chi connectivity index (χ0n) is 20.8. The van der Waals surface area contributed by atoms with E-state index in [0.717, 1.165) is 24.1 Å². The third kappa shape index (κ3) is 4.97. The third-order valence-corrected chi connectivity index (χ3v) is 7.34. The lowest BCUT2D eigenvalue weighted by Crippen LogP contribution is -2.56. The minimum absolute atomic E-state index is 0.00573. The topological polar surface area (TPSA) is 85.5 Å². The van der Waals surface area contributed by atoms with Gasteiger partial charge in [-0.15, -0.1) is 5.92 Å². The van der Waals surface area contributed by atoms with Crippen LogP contribution in [0.3, 0.4) is 0 Å². The van der Waals surface area contributed by atoms with Crippen LogP contribution in [-0.4, -0.2) is 57.8 Å². The number of nitrogens with zero attached hydrogens (tertiary/aromatic N) is 2. The van der Waals surface area contributed by atoms with Crippen LogP contribution < -0.4 is 5.32 Å². The number of hydrogen-bond donors (Lipinski definition) is 2. The zero-order chi connectivity index (χ0) is 25.0. The number of urea groups is 1. The standard InChI is InChI=1S/C28H34N4O3/c1-4-5-16-32-26(34)28(30-27(32)35,15-9-12-22-10-7-6-8-11-22)23-13-17-31(18-14-23)25(33)24-20(2)19-21(3)29-24/h6-8,10-11,19,23,29H,9,12-18H2,1-3H3,(H,30,35). The van der Waals surface area contributed by atoms with E-state index in [4.69, 9.17) is 0 Å². The number of aryl methyl sites for hydroxylation is 3. The molecular formula is C28H34N4O3. The van der Waals surface area contributed by atoms with E-state index in [0.29, 0.717) is 38.0 Å². The molecule has 0 saturated carbocycles. The van der Waals surface area contributed by atoms with Gasteiger partial charge >= 0.3 is 6.03 Å². The SMILES string of the molecule is CC#CCN1C(=O)NC(CCCc2ccccc2)(C2CCN(C(=O)c3[nH]c(C)cc3C)CC2)C1=O. The van der Waals surface area contributed by atoms with Gasteiger partial charge < -0.3 is 15.2 Å². The molecule has 2 aliphatic heterocycles. The molecule has 4 amide bonds. The van der Waals surface area contributed by atoms with E-state index in [1.54, 1.807) is 6.92 Å². The molecule has 7 heteroatoms. The Kier molecular flexibility index (Phi) is 7.30. The van der Waals surface area contributed by atoms with Crippen LogP contribution in [0.5, 0.6) is 0 Å². The maximum atomic E-state index is 13.7. The first-order valence-electron chi connectivity index (χ1n) is 12.4. The van der Waals surface area contributed by atoms with Crippen LogP contribution in [0.2, 0.25) is 0 Å². The van der Waals surface area contributed by atoms with Crippen LogP contribution in [0.4, 0.5) is 4.79 Å². The molecule has 1 unspecified atom stereocenters. The van der Waals surface area contributed by atoms with E-state index in [9.17, 15) is 14.4 Å². The van der Waals surface area contributed by atoms with Crippen molar-refractivity contribution in [3.8, 4) is 11.8 Å². The maximum absolute atomic E-state index is 13.7. The van der Waals surface area contributed by atoms with Gasteiger partial charge in [-0.05, 0) is 76.0 Å². The van der Waals surface area contributed by atoms with E-state index in [1.165, 1.54) is 10.5 Å². The lowest BCUT2D eigenvalue weighted by molar-refractivity contribution is -0.133. The van der Waals surface area contributed by atoms with Gasteiger partial charge in [0.25, 0.3) is 11.8 Å². The molecule has 0 bridgehead atoms. The molecular weight excluding hydrogens is 440 g/mol. The van der Waals surface area contributed by atoms with Crippen LogP contribution in [0, 0.1) is 31.6 Å². The summed E-state index contributed by atoms with van der Waals surface area (Å²) >= 11 is 0. The van der Waals surface area contributed by atoms with Crippen molar-refractivity contribution in [3.63, 3.8) is 0 Å². The summed E-state index contributed by atoms with van der Waals surface area (Å²) in [6, 6.07) is 11.8. The summed E-state index contributed by atoms with van der Waals surface area (Å²) in [5.74, 6) is 5.41. The number of rotatable bonds is 7. The molecule has 2 aromatic rings. The Morgan fingerprint density at radius 1 is 1.14 bits per heavy atom. The number of benzene rings is 1. The van der Waals surface area contributed by atoms with Crippen molar-refractivity contribution in [3.05, 3.63) is 58.9 Å². The van der Waals surface area contributed by atoms with Gasteiger partial charge in [-0.3, -0.25) is 14.5 Å². The first kappa shape index (κ1) is 24.6. The largest absolute Gasteiger partial charge is 0.354 e. The van der Waals surface area contributed by atoms with Gasteiger partial charge in [0.05, 0.1) is 6.54 Å². The zero-order valence-corrected chi connectivity index (χ0v) is 20.8. The van der Waals surface area contributed by atoms with Gasteiger partial charge in [0.15, 0.2) is 0 Å². The van der Waals surface area contributed by atoms with Crippen molar-refractivity contribution in [1.82, 2.24) is 20.1 Å². The summed E-state index contributed by atoms with van der Waals surface area (Å²) in [4.78, 5) is 45.9. The molecule has 1 atom stereocenters. The molecule has 0 aliphatic carbocycles. The van der Waals surface area contributed by atoms with E-state index >= 15 is 0 Å². The molecule has 2 saturated heterocycles. The smallest absolute Gasteiger partial charge is 0.325 e. The van der Waals surface area contributed by atoms with Crippen molar-refractivity contribution in [2.24, 2.45) is 5.92 Å². The molecule has 7 nitrogen and oxygen atoms in total. The van der Waals surface area contributed by atoms with E-state index < -0.39 is 5.54 Å². The average molecular weight is 475 g/mol. The Bertz CT molecular complexity index is 1150. The number of aromatic nitrogens is 1. The van der Waals surface area contributed by atoms with Gasteiger partial charge in [-0.25, -0.2) is 4.79 Å². The number of carbonyl (C=O) groups is 3.